The third-order valence-corrected chi connectivity index (χ3v) is 5.35. The zero-order chi connectivity index (χ0) is 15.8. The summed E-state index contributed by atoms with van der Waals surface area (Å²) in [6.45, 7) is 1.61. The molecule has 1 fully saturated rings. The highest BCUT2D eigenvalue weighted by molar-refractivity contribution is 7.07. The Bertz CT molecular complexity index is 711. The molecule has 23 heavy (non-hydrogen) atoms. The van der Waals surface area contributed by atoms with Crippen molar-refractivity contribution >= 4 is 23.1 Å². The standard InChI is InChI=1S/C16H19N5OS/c1-20(16(22)14-9-23-10-17-14)12-7-21(8-12)15-6-11-4-2-3-5-13(11)18-19-15/h6,9-10,12H,2-5,7-8H2,1H3. The maximum Gasteiger partial charge on any atom is 0.273 e. The minimum atomic E-state index is -0.00701. The number of nitrogens with zero attached hydrogens (tertiary/aromatic N) is 5. The van der Waals surface area contributed by atoms with Gasteiger partial charge in [-0.25, -0.2) is 4.98 Å². The van der Waals surface area contributed by atoms with Gasteiger partial charge in [0.1, 0.15) is 5.69 Å². The van der Waals surface area contributed by atoms with E-state index < -0.39 is 0 Å². The van der Waals surface area contributed by atoms with Crippen LogP contribution in [0.1, 0.15) is 34.6 Å². The summed E-state index contributed by atoms with van der Waals surface area (Å²) in [4.78, 5) is 20.4. The first-order chi connectivity index (χ1) is 11.2. The number of rotatable bonds is 3. The number of carbonyl (C=O) groups excluding carboxylic acids is 1. The van der Waals surface area contributed by atoms with Gasteiger partial charge >= 0.3 is 0 Å². The number of hydrogen-bond acceptors (Lipinski definition) is 6. The Balaban J connectivity index is 1.40. The first-order valence-corrected chi connectivity index (χ1v) is 8.92. The Labute approximate surface area is 139 Å². The van der Waals surface area contributed by atoms with Crippen LogP contribution in [0.4, 0.5) is 5.82 Å². The highest BCUT2D eigenvalue weighted by Crippen LogP contribution is 2.26. The summed E-state index contributed by atoms with van der Waals surface area (Å²) in [5.74, 6) is 0.934. The predicted molar refractivity (Wildman–Crippen MR) is 88.9 cm³/mol. The Kier molecular flexibility index (Phi) is 3.72. The molecule has 0 unspecified atom stereocenters. The molecule has 2 aliphatic rings. The summed E-state index contributed by atoms with van der Waals surface area (Å²) in [6.07, 6.45) is 4.62. The molecule has 0 N–H and O–H groups in total. The van der Waals surface area contributed by atoms with E-state index in [0.29, 0.717) is 5.69 Å². The lowest BCUT2D eigenvalue weighted by molar-refractivity contribution is 0.0700. The second kappa shape index (κ2) is 5.88. The molecule has 0 atom stereocenters. The molecule has 0 radical (unpaired) electrons. The van der Waals surface area contributed by atoms with Crippen LogP contribution < -0.4 is 4.90 Å². The van der Waals surface area contributed by atoms with Crippen molar-refractivity contribution in [3.05, 3.63) is 33.9 Å². The Morgan fingerprint density at radius 3 is 2.91 bits per heavy atom. The van der Waals surface area contributed by atoms with Crippen molar-refractivity contribution in [2.75, 3.05) is 25.0 Å². The van der Waals surface area contributed by atoms with Crippen LogP contribution >= 0.6 is 11.3 Å². The maximum atomic E-state index is 12.3. The largest absolute Gasteiger partial charge is 0.351 e. The van der Waals surface area contributed by atoms with E-state index in [9.17, 15) is 4.79 Å². The summed E-state index contributed by atoms with van der Waals surface area (Å²) < 4.78 is 0. The van der Waals surface area contributed by atoms with Gasteiger partial charge in [-0.05, 0) is 37.3 Å². The van der Waals surface area contributed by atoms with Crippen LogP contribution in [-0.2, 0) is 12.8 Å². The van der Waals surface area contributed by atoms with Crippen molar-refractivity contribution in [2.45, 2.75) is 31.7 Å². The fourth-order valence-electron chi connectivity index (χ4n) is 3.19. The van der Waals surface area contributed by atoms with Gasteiger partial charge in [-0.1, -0.05) is 0 Å². The zero-order valence-electron chi connectivity index (χ0n) is 13.1. The quantitative estimate of drug-likeness (QED) is 0.859. The van der Waals surface area contributed by atoms with Gasteiger partial charge in [0.2, 0.25) is 0 Å². The molecule has 120 valence electrons. The Morgan fingerprint density at radius 1 is 1.30 bits per heavy atom. The number of anilines is 1. The van der Waals surface area contributed by atoms with Crippen LogP contribution in [0.25, 0.3) is 0 Å². The molecular weight excluding hydrogens is 310 g/mol. The third kappa shape index (κ3) is 2.69. The van der Waals surface area contributed by atoms with Crippen molar-refractivity contribution in [3.8, 4) is 0 Å². The lowest BCUT2D eigenvalue weighted by atomic mass is 9.96. The third-order valence-electron chi connectivity index (χ3n) is 4.76. The van der Waals surface area contributed by atoms with E-state index >= 15 is 0 Å². The van der Waals surface area contributed by atoms with Crippen molar-refractivity contribution in [1.29, 1.82) is 0 Å². The number of thiazole rings is 1. The van der Waals surface area contributed by atoms with Gasteiger partial charge in [-0.15, -0.1) is 16.4 Å². The second-order valence-electron chi connectivity index (χ2n) is 6.23. The minimum Gasteiger partial charge on any atom is -0.351 e. The van der Waals surface area contributed by atoms with Crippen molar-refractivity contribution in [1.82, 2.24) is 20.1 Å². The minimum absolute atomic E-state index is 0.00701. The van der Waals surface area contributed by atoms with Crippen LogP contribution in [0.2, 0.25) is 0 Å². The molecule has 0 bridgehead atoms. The molecule has 1 aliphatic carbocycles. The molecule has 1 saturated heterocycles. The van der Waals surface area contributed by atoms with Gasteiger partial charge in [0.25, 0.3) is 5.91 Å². The van der Waals surface area contributed by atoms with Gasteiger partial charge in [-0.2, -0.15) is 5.10 Å². The molecule has 2 aromatic rings. The normalized spacial score (nSPS) is 17.5. The molecule has 0 spiro atoms. The van der Waals surface area contributed by atoms with Gasteiger partial charge in [-0.3, -0.25) is 4.79 Å². The van der Waals surface area contributed by atoms with Gasteiger partial charge in [0, 0.05) is 25.5 Å². The molecule has 1 amide bonds. The number of amides is 1. The van der Waals surface area contributed by atoms with E-state index in [4.69, 9.17) is 0 Å². The fraction of sp³-hybridized carbons (Fsp3) is 0.500. The second-order valence-corrected chi connectivity index (χ2v) is 6.95. The van der Waals surface area contributed by atoms with Crippen LogP contribution in [-0.4, -0.2) is 52.2 Å². The first-order valence-electron chi connectivity index (χ1n) is 7.98. The lowest BCUT2D eigenvalue weighted by Gasteiger charge is -2.44. The van der Waals surface area contributed by atoms with Crippen LogP contribution in [0, 0.1) is 0 Å². The molecule has 3 heterocycles. The highest BCUT2D eigenvalue weighted by atomic mass is 32.1. The van der Waals surface area contributed by atoms with E-state index in [1.165, 1.54) is 29.7 Å². The van der Waals surface area contributed by atoms with Crippen LogP contribution in [0.15, 0.2) is 17.0 Å². The monoisotopic (exact) mass is 329 g/mol. The van der Waals surface area contributed by atoms with Crippen molar-refractivity contribution in [3.63, 3.8) is 0 Å². The molecule has 4 rings (SSSR count). The highest BCUT2D eigenvalue weighted by Gasteiger charge is 2.34. The van der Waals surface area contributed by atoms with Crippen LogP contribution in [0.5, 0.6) is 0 Å². The van der Waals surface area contributed by atoms with Crippen LogP contribution in [0.3, 0.4) is 0 Å². The number of aromatic nitrogens is 3. The fourth-order valence-corrected chi connectivity index (χ4v) is 3.71. The first kappa shape index (κ1) is 14.6. The molecule has 0 aromatic carbocycles. The number of fused-ring (bicyclic) bond motifs is 1. The summed E-state index contributed by atoms with van der Waals surface area (Å²) in [5.41, 5.74) is 4.73. The predicted octanol–water partition coefficient (Wildman–Crippen LogP) is 1.77. The van der Waals surface area contributed by atoms with E-state index in [0.717, 1.165) is 37.4 Å². The molecule has 2 aromatic heterocycles. The molecule has 6 nitrogen and oxygen atoms in total. The van der Waals surface area contributed by atoms with Crippen molar-refractivity contribution < 1.29 is 4.79 Å². The average Bonchev–Trinajstić information content (AvgIpc) is 3.07. The summed E-state index contributed by atoms with van der Waals surface area (Å²) in [6, 6.07) is 2.39. The Hall–Kier alpha value is -2.02. The van der Waals surface area contributed by atoms with Crippen molar-refractivity contribution in [2.24, 2.45) is 0 Å². The van der Waals surface area contributed by atoms with Gasteiger partial charge in [0.15, 0.2) is 5.82 Å². The van der Waals surface area contributed by atoms with E-state index in [1.54, 1.807) is 15.8 Å². The summed E-state index contributed by atoms with van der Waals surface area (Å²) >= 11 is 1.45. The Morgan fingerprint density at radius 2 is 2.13 bits per heavy atom. The topological polar surface area (TPSA) is 62.2 Å². The number of carbonyl (C=O) groups is 1. The molecular formula is C16H19N5OS. The molecule has 0 saturated carbocycles. The number of likely N-dealkylation sites (N-methyl/N-ethyl adjacent to an activating group) is 1. The summed E-state index contributed by atoms with van der Waals surface area (Å²) in [5, 5.41) is 10.5. The lowest BCUT2D eigenvalue weighted by Crippen LogP contribution is -2.60. The molecule has 7 heteroatoms. The molecule has 1 aliphatic heterocycles. The summed E-state index contributed by atoms with van der Waals surface area (Å²) in [7, 11) is 1.85. The van der Waals surface area contributed by atoms with Gasteiger partial charge < -0.3 is 9.80 Å². The average molecular weight is 329 g/mol. The smallest absolute Gasteiger partial charge is 0.273 e. The van der Waals surface area contributed by atoms with E-state index in [-0.39, 0.29) is 11.9 Å². The van der Waals surface area contributed by atoms with E-state index in [1.807, 2.05) is 7.05 Å². The number of hydrogen-bond donors (Lipinski definition) is 0. The maximum absolute atomic E-state index is 12.3. The van der Waals surface area contributed by atoms with Gasteiger partial charge in [0.05, 0.1) is 17.2 Å². The number of aryl methyl sites for hydroxylation is 2. The SMILES string of the molecule is CN(C(=O)c1cscn1)C1CN(c2cc3c(nn2)CCCC3)C1. The zero-order valence-corrected chi connectivity index (χ0v) is 13.9. The van der Waals surface area contributed by atoms with E-state index in [2.05, 4.69) is 26.1 Å².